The lowest BCUT2D eigenvalue weighted by atomic mass is 10.1. The van der Waals surface area contributed by atoms with Crippen LogP contribution in [0.5, 0.6) is 0 Å². The predicted molar refractivity (Wildman–Crippen MR) is 61.1 cm³/mol. The van der Waals surface area contributed by atoms with Crippen molar-refractivity contribution in [1.82, 2.24) is 5.32 Å². The Balaban J connectivity index is 3.56. The molecule has 1 heteroatoms. The van der Waals surface area contributed by atoms with Gasteiger partial charge in [-0.3, -0.25) is 0 Å². The van der Waals surface area contributed by atoms with Gasteiger partial charge in [0.05, 0.1) is 0 Å². The average molecular weight is 185 g/mol. The smallest absolute Gasteiger partial charge is 0.00669 e. The zero-order valence-corrected chi connectivity index (χ0v) is 9.90. The number of nitrogens with one attached hydrogen (secondary N) is 1. The Bertz CT molecular complexity index is 101. The molecule has 0 aromatic rings. The van der Waals surface area contributed by atoms with E-state index in [1.807, 2.05) is 0 Å². The molecule has 1 nitrogen and oxygen atoms in total. The molecule has 0 fully saturated rings. The van der Waals surface area contributed by atoms with Gasteiger partial charge in [-0.2, -0.15) is 0 Å². The standard InChI is InChI=1S/C12H27N/c1-5-8-10-12(7-3)13-11(4)9-6-2/h11-13H,5-10H2,1-4H3. The van der Waals surface area contributed by atoms with E-state index >= 15 is 0 Å². The fraction of sp³-hybridized carbons (Fsp3) is 1.00. The van der Waals surface area contributed by atoms with Crippen LogP contribution in [-0.2, 0) is 0 Å². The topological polar surface area (TPSA) is 12.0 Å². The van der Waals surface area contributed by atoms with Crippen molar-refractivity contribution in [2.24, 2.45) is 0 Å². The van der Waals surface area contributed by atoms with Gasteiger partial charge in [-0.25, -0.2) is 0 Å². The van der Waals surface area contributed by atoms with Crippen molar-refractivity contribution in [3.05, 3.63) is 0 Å². The molecule has 0 aliphatic carbocycles. The first-order valence-corrected chi connectivity index (χ1v) is 6.00. The SMILES string of the molecule is CCCCC(CC)NC(C)CCC. The van der Waals surface area contributed by atoms with Crippen LogP contribution in [0.3, 0.4) is 0 Å². The van der Waals surface area contributed by atoms with Crippen LogP contribution in [0.2, 0.25) is 0 Å². The van der Waals surface area contributed by atoms with Crippen LogP contribution in [0, 0.1) is 0 Å². The predicted octanol–water partition coefficient (Wildman–Crippen LogP) is 3.73. The Kier molecular flexibility index (Phi) is 8.53. The average Bonchev–Trinajstić information content (AvgIpc) is 2.12. The number of hydrogen-bond acceptors (Lipinski definition) is 1. The Hall–Kier alpha value is -0.0400. The second kappa shape index (κ2) is 8.55. The minimum Gasteiger partial charge on any atom is -0.312 e. The van der Waals surface area contributed by atoms with Crippen LogP contribution in [0.4, 0.5) is 0 Å². The maximum Gasteiger partial charge on any atom is 0.00669 e. The molecule has 0 bridgehead atoms. The summed E-state index contributed by atoms with van der Waals surface area (Å²) in [4.78, 5) is 0. The van der Waals surface area contributed by atoms with Gasteiger partial charge in [0.1, 0.15) is 0 Å². The molecule has 13 heavy (non-hydrogen) atoms. The molecule has 0 saturated heterocycles. The molecule has 2 atom stereocenters. The Labute approximate surface area is 84.3 Å². The molecule has 0 rings (SSSR count). The quantitative estimate of drug-likeness (QED) is 0.607. The first-order chi connectivity index (χ1) is 6.24. The molecular formula is C12H27N. The minimum atomic E-state index is 0.701. The molecule has 0 heterocycles. The summed E-state index contributed by atoms with van der Waals surface area (Å²) < 4.78 is 0. The van der Waals surface area contributed by atoms with E-state index in [4.69, 9.17) is 0 Å². The first-order valence-electron chi connectivity index (χ1n) is 6.00. The summed E-state index contributed by atoms with van der Waals surface area (Å²) in [6.45, 7) is 9.11. The Morgan fingerprint density at radius 1 is 1.00 bits per heavy atom. The highest BCUT2D eigenvalue weighted by Crippen LogP contribution is 2.06. The minimum absolute atomic E-state index is 0.701. The van der Waals surface area contributed by atoms with Crippen molar-refractivity contribution in [3.8, 4) is 0 Å². The van der Waals surface area contributed by atoms with Crippen LogP contribution in [0.1, 0.15) is 66.2 Å². The molecule has 0 aromatic heterocycles. The second-order valence-corrected chi connectivity index (χ2v) is 4.10. The van der Waals surface area contributed by atoms with Gasteiger partial charge >= 0.3 is 0 Å². The van der Waals surface area contributed by atoms with Crippen molar-refractivity contribution in [2.75, 3.05) is 0 Å². The number of rotatable bonds is 8. The normalized spacial score (nSPS) is 15.7. The highest BCUT2D eigenvalue weighted by molar-refractivity contribution is 4.69. The summed E-state index contributed by atoms with van der Waals surface area (Å²) in [7, 11) is 0. The maximum atomic E-state index is 3.70. The van der Waals surface area contributed by atoms with Crippen LogP contribution in [0.15, 0.2) is 0 Å². The summed E-state index contributed by atoms with van der Waals surface area (Å²) in [6, 6.07) is 1.45. The van der Waals surface area contributed by atoms with Gasteiger partial charge in [-0.15, -0.1) is 0 Å². The van der Waals surface area contributed by atoms with Crippen molar-refractivity contribution >= 4 is 0 Å². The third-order valence-corrected chi connectivity index (χ3v) is 2.64. The lowest BCUT2D eigenvalue weighted by molar-refractivity contribution is 0.389. The molecule has 2 unspecified atom stereocenters. The van der Waals surface area contributed by atoms with Gasteiger partial charge in [0.15, 0.2) is 0 Å². The third kappa shape index (κ3) is 7.06. The zero-order chi connectivity index (χ0) is 10.1. The highest BCUT2D eigenvalue weighted by atomic mass is 14.9. The van der Waals surface area contributed by atoms with Crippen LogP contribution >= 0.6 is 0 Å². The van der Waals surface area contributed by atoms with Gasteiger partial charge in [0, 0.05) is 12.1 Å². The second-order valence-electron chi connectivity index (χ2n) is 4.10. The molecular weight excluding hydrogens is 158 g/mol. The fourth-order valence-corrected chi connectivity index (χ4v) is 1.77. The van der Waals surface area contributed by atoms with E-state index in [2.05, 4.69) is 33.0 Å². The molecule has 0 saturated carbocycles. The van der Waals surface area contributed by atoms with Crippen LogP contribution < -0.4 is 5.32 Å². The van der Waals surface area contributed by atoms with E-state index in [1.54, 1.807) is 0 Å². The Morgan fingerprint density at radius 3 is 2.15 bits per heavy atom. The Morgan fingerprint density at radius 2 is 1.69 bits per heavy atom. The van der Waals surface area contributed by atoms with Crippen molar-refractivity contribution in [3.63, 3.8) is 0 Å². The lowest BCUT2D eigenvalue weighted by Gasteiger charge is -2.21. The monoisotopic (exact) mass is 185 g/mol. The summed E-state index contributed by atoms with van der Waals surface area (Å²) in [5.74, 6) is 0. The van der Waals surface area contributed by atoms with Gasteiger partial charge in [-0.1, -0.05) is 40.0 Å². The molecule has 80 valence electrons. The van der Waals surface area contributed by atoms with E-state index < -0.39 is 0 Å². The van der Waals surface area contributed by atoms with Crippen molar-refractivity contribution in [2.45, 2.75) is 78.3 Å². The summed E-state index contributed by atoms with van der Waals surface area (Å²) in [5.41, 5.74) is 0. The largest absolute Gasteiger partial charge is 0.312 e. The lowest BCUT2D eigenvalue weighted by Crippen LogP contribution is -2.35. The van der Waals surface area contributed by atoms with Gasteiger partial charge in [-0.05, 0) is 26.2 Å². The fourth-order valence-electron chi connectivity index (χ4n) is 1.77. The molecule has 0 amide bonds. The maximum absolute atomic E-state index is 3.70. The first kappa shape index (κ1) is 13.0. The van der Waals surface area contributed by atoms with Gasteiger partial charge in [0.25, 0.3) is 0 Å². The van der Waals surface area contributed by atoms with E-state index in [-0.39, 0.29) is 0 Å². The third-order valence-electron chi connectivity index (χ3n) is 2.64. The van der Waals surface area contributed by atoms with Crippen LogP contribution in [0.25, 0.3) is 0 Å². The van der Waals surface area contributed by atoms with Gasteiger partial charge < -0.3 is 5.32 Å². The van der Waals surface area contributed by atoms with E-state index in [1.165, 1.54) is 38.5 Å². The zero-order valence-electron chi connectivity index (χ0n) is 9.90. The van der Waals surface area contributed by atoms with E-state index in [9.17, 15) is 0 Å². The molecule has 0 spiro atoms. The highest BCUT2D eigenvalue weighted by Gasteiger charge is 2.08. The van der Waals surface area contributed by atoms with Crippen molar-refractivity contribution in [1.29, 1.82) is 0 Å². The van der Waals surface area contributed by atoms with Crippen LogP contribution in [-0.4, -0.2) is 12.1 Å². The van der Waals surface area contributed by atoms with Crippen molar-refractivity contribution < 1.29 is 0 Å². The molecule has 0 aliphatic rings. The van der Waals surface area contributed by atoms with E-state index in [0.29, 0.717) is 6.04 Å². The van der Waals surface area contributed by atoms with Gasteiger partial charge in [0.2, 0.25) is 0 Å². The summed E-state index contributed by atoms with van der Waals surface area (Å²) in [5, 5.41) is 3.70. The number of hydrogen-bond donors (Lipinski definition) is 1. The summed E-state index contributed by atoms with van der Waals surface area (Å²) in [6.07, 6.45) is 7.90. The molecule has 0 radical (unpaired) electrons. The summed E-state index contributed by atoms with van der Waals surface area (Å²) >= 11 is 0. The number of unbranched alkanes of at least 4 members (excludes halogenated alkanes) is 1. The molecule has 0 aliphatic heterocycles. The molecule has 0 aromatic carbocycles. The molecule has 1 N–H and O–H groups in total. The van der Waals surface area contributed by atoms with E-state index in [0.717, 1.165) is 6.04 Å².